The van der Waals surface area contributed by atoms with Crippen molar-refractivity contribution < 1.29 is 19.0 Å². The van der Waals surface area contributed by atoms with Gasteiger partial charge in [-0.25, -0.2) is 4.39 Å². The first-order valence-electron chi connectivity index (χ1n) is 9.37. The Morgan fingerprint density at radius 2 is 2.14 bits per heavy atom. The molecule has 0 aromatic heterocycles. The Balaban J connectivity index is 1.63. The lowest BCUT2D eigenvalue weighted by Crippen LogP contribution is -2.32. The van der Waals surface area contributed by atoms with E-state index in [0.29, 0.717) is 36.9 Å². The number of halogens is 2. The molecule has 0 spiro atoms. The molecular weight excluding hydrogens is 425 g/mol. The number of carbonyl (C=O) groups is 1. The van der Waals surface area contributed by atoms with Gasteiger partial charge in [0.25, 0.3) is 5.91 Å². The second-order valence-corrected chi connectivity index (χ2v) is 8.07. The van der Waals surface area contributed by atoms with Gasteiger partial charge >= 0.3 is 0 Å². The summed E-state index contributed by atoms with van der Waals surface area (Å²) in [6, 6.07) is 8.83. The number of carbonyl (C=O) groups excluding carboxylic acids is 1. The number of ether oxygens (including phenoxy) is 1. The standard InChI is InChI=1S/C22H21BrFNO3/c1-2-19(26)16-9-13(3-6-17(16)23)12-25-7-8-28-20-11-15(14-4-5-14)10-18(24)21(20)22(25)27/h2-3,6,9-11,14,26H,4-5,7-8,12H2,1H3/b19-2-. The molecule has 0 saturated heterocycles. The summed E-state index contributed by atoms with van der Waals surface area (Å²) in [6.45, 7) is 2.74. The summed E-state index contributed by atoms with van der Waals surface area (Å²) in [5.74, 6) is 0.00507. The number of benzene rings is 2. The summed E-state index contributed by atoms with van der Waals surface area (Å²) < 4.78 is 21.2. The minimum absolute atomic E-state index is 0.00976. The van der Waals surface area contributed by atoms with Gasteiger partial charge in [-0.1, -0.05) is 22.0 Å². The first-order chi connectivity index (χ1) is 13.5. The van der Waals surface area contributed by atoms with E-state index in [1.807, 2.05) is 24.3 Å². The van der Waals surface area contributed by atoms with Crippen molar-refractivity contribution in [1.82, 2.24) is 4.90 Å². The highest BCUT2D eigenvalue weighted by Crippen LogP contribution is 2.43. The van der Waals surface area contributed by atoms with Crippen LogP contribution in [0.3, 0.4) is 0 Å². The zero-order valence-corrected chi connectivity index (χ0v) is 17.1. The Labute approximate surface area is 171 Å². The van der Waals surface area contributed by atoms with Crippen LogP contribution in [0.4, 0.5) is 4.39 Å². The molecule has 4 rings (SSSR count). The number of nitrogens with zero attached hydrogens (tertiary/aromatic N) is 1. The Kier molecular flexibility index (Phi) is 5.15. The SMILES string of the molecule is C/C=C(\O)c1cc(CN2CCOc3cc(C4CC4)cc(F)c3C2=O)ccc1Br. The van der Waals surface area contributed by atoms with Gasteiger partial charge in [-0.05, 0) is 67.2 Å². The molecular formula is C22H21BrFNO3. The van der Waals surface area contributed by atoms with E-state index < -0.39 is 5.82 Å². The number of allylic oxidation sites excluding steroid dienone is 1. The average molecular weight is 446 g/mol. The van der Waals surface area contributed by atoms with Crippen LogP contribution in [0.15, 0.2) is 40.9 Å². The van der Waals surface area contributed by atoms with Crippen molar-refractivity contribution in [2.45, 2.75) is 32.2 Å². The maximum absolute atomic E-state index is 14.8. The van der Waals surface area contributed by atoms with E-state index in [-0.39, 0.29) is 17.2 Å². The van der Waals surface area contributed by atoms with Crippen LogP contribution in [0.2, 0.25) is 0 Å². The molecule has 2 aromatic carbocycles. The number of amides is 1. The largest absolute Gasteiger partial charge is 0.508 e. The molecule has 1 N–H and O–H groups in total. The van der Waals surface area contributed by atoms with Crippen molar-refractivity contribution >= 4 is 27.6 Å². The zero-order chi connectivity index (χ0) is 19.8. The van der Waals surface area contributed by atoms with Gasteiger partial charge in [0.15, 0.2) is 0 Å². The second-order valence-electron chi connectivity index (χ2n) is 7.21. The van der Waals surface area contributed by atoms with Crippen LogP contribution in [0, 0.1) is 5.82 Å². The molecule has 0 unspecified atom stereocenters. The van der Waals surface area contributed by atoms with Crippen LogP contribution in [-0.4, -0.2) is 29.1 Å². The van der Waals surface area contributed by atoms with Gasteiger partial charge in [0.05, 0.1) is 6.54 Å². The molecule has 1 heterocycles. The van der Waals surface area contributed by atoms with E-state index in [4.69, 9.17) is 4.74 Å². The summed E-state index contributed by atoms with van der Waals surface area (Å²) in [7, 11) is 0. The van der Waals surface area contributed by atoms with E-state index in [9.17, 15) is 14.3 Å². The minimum atomic E-state index is -0.514. The molecule has 6 heteroatoms. The Hall–Kier alpha value is -2.34. The van der Waals surface area contributed by atoms with Gasteiger partial charge in [0.2, 0.25) is 0 Å². The fraction of sp³-hybridized carbons (Fsp3) is 0.318. The van der Waals surface area contributed by atoms with Gasteiger partial charge in [0.1, 0.15) is 29.5 Å². The number of hydrogen-bond acceptors (Lipinski definition) is 3. The molecule has 1 saturated carbocycles. The smallest absolute Gasteiger partial charge is 0.261 e. The van der Waals surface area contributed by atoms with Crippen LogP contribution >= 0.6 is 15.9 Å². The monoisotopic (exact) mass is 445 g/mol. The van der Waals surface area contributed by atoms with Crippen molar-refractivity contribution in [2.75, 3.05) is 13.2 Å². The van der Waals surface area contributed by atoms with E-state index in [0.717, 1.165) is 28.4 Å². The molecule has 0 bridgehead atoms. The summed E-state index contributed by atoms with van der Waals surface area (Å²) in [6.07, 6.45) is 3.73. The first kappa shape index (κ1) is 19.0. The van der Waals surface area contributed by atoms with Crippen LogP contribution in [0.25, 0.3) is 5.76 Å². The number of hydrogen-bond donors (Lipinski definition) is 1. The Bertz CT molecular complexity index is 968. The fourth-order valence-electron chi connectivity index (χ4n) is 3.49. The molecule has 2 aliphatic rings. The minimum Gasteiger partial charge on any atom is -0.508 e. The number of rotatable bonds is 4. The van der Waals surface area contributed by atoms with Crippen molar-refractivity contribution in [3.8, 4) is 5.75 Å². The van der Waals surface area contributed by atoms with E-state index >= 15 is 0 Å². The van der Waals surface area contributed by atoms with Gasteiger partial charge < -0.3 is 14.7 Å². The van der Waals surface area contributed by atoms with Gasteiger partial charge in [0, 0.05) is 16.6 Å². The van der Waals surface area contributed by atoms with Crippen molar-refractivity contribution in [3.63, 3.8) is 0 Å². The molecule has 2 aromatic rings. The molecule has 1 fully saturated rings. The quantitative estimate of drug-likeness (QED) is 0.639. The molecule has 1 aliphatic heterocycles. The van der Waals surface area contributed by atoms with Gasteiger partial charge in [-0.3, -0.25) is 4.79 Å². The summed E-state index contributed by atoms with van der Waals surface area (Å²) in [5.41, 5.74) is 2.42. The summed E-state index contributed by atoms with van der Waals surface area (Å²) in [5, 5.41) is 10.1. The van der Waals surface area contributed by atoms with Gasteiger partial charge in [-0.15, -0.1) is 0 Å². The number of fused-ring (bicyclic) bond motifs is 1. The third kappa shape index (κ3) is 3.65. The number of aliphatic hydroxyl groups excluding tert-OH is 1. The predicted molar refractivity (Wildman–Crippen MR) is 109 cm³/mol. The number of aliphatic hydroxyl groups is 1. The van der Waals surface area contributed by atoms with Crippen LogP contribution in [-0.2, 0) is 6.54 Å². The molecule has 0 radical (unpaired) electrons. The van der Waals surface area contributed by atoms with E-state index in [2.05, 4.69) is 15.9 Å². The average Bonchev–Trinajstić information content (AvgIpc) is 3.52. The first-order valence-corrected chi connectivity index (χ1v) is 10.2. The van der Waals surface area contributed by atoms with E-state index in [1.54, 1.807) is 17.9 Å². The normalized spacial score (nSPS) is 17.2. The van der Waals surface area contributed by atoms with Crippen molar-refractivity contribution in [2.24, 2.45) is 0 Å². The Morgan fingerprint density at radius 1 is 1.36 bits per heavy atom. The molecule has 1 amide bonds. The Morgan fingerprint density at radius 3 is 2.86 bits per heavy atom. The van der Waals surface area contributed by atoms with Crippen LogP contribution in [0.5, 0.6) is 5.75 Å². The summed E-state index contributed by atoms with van der Waals surface area (Å²) in [4.78, 5) is 14.6. The van der Waals surface area contributed by atoms with Gasteiger partial charge in [-0.2, -0.15) is 0 Å². The highest BCUT2D eigenvalue weighted by molar-refractivity contribution is 9.10. The third-order valence-electron chi connectivity index (χ3n) is 5.20. The molecule has 4 nitrogen and oxygen atoms in total. The molecule has 28 heavy (non-hydrogen) atoms. The topological polar surface area (TPSA) is 49.8 Å². The third-order valence-corrected chi connectivity index (χ3v) is 5.89. The van der Waals surface area contributed by atoms with Crippen LogP contribution < -0.4 is 4.74 Å². The molecule has 1 aliphatic carbocycles. The maximum Gasteiger partial charge on any atom is 0.261 e. The highest BCUT2D eigenvalue weighted by Gasteiger charge is 2.31. The highest BCUT2D eigenvalue weighted by atomic mass is 79.9. The van der Waals surface area contributed by atoms with Crippen molar-refractivity contribution in [1.29, 1.82) is 0 Å². The van der Waals surface area contributed by atoms with Crippen LogP contribution in [0.1, 0.15) is 52.7 Å². The maximum atomic E-state index is 14.8. The zero-order valence-electron chi connectivity index (χ0n) is 15.5. The van der Waals surface area contributed by atoms with E-state index in [1.165, 1.54) is 6.07 Å². The lowest BCUT2D eigenvalue weighted by Gasteiger charge is -2.21. The molecule has 146 valence electrons. The lowest BCUT2D eigenvalue weighted by molar-refractivity contribution is 0.0739. The molecule has 0 atom stereocenters. The van der Waals surface area contributed by atoms with Crippen molar-refractivity contribution in [3.05, 3.63) is 69.0 Å². The predicted octanol–water partition coefficient (Wildman–Crippen LogP) is 5.42. The second kappa shape index (κ2) is 7.59. The fourth-order valence-corrected chi connectivity index (χ4v) is 3.94. The lowest BCUT2D eigenvalue weighted by atomic mass is 10.0. The summed E-state index contributed by atoms with van der Waals surface area (Å²) >= 11 is 3.42.